The van der Waals surface area contributed by atoms with Crippen LogP contribution in [0.25, 0.3) is 0 Å². The highest BCUT2D eigenvalue weighted by Crippen LogP contribution is 2.12. The van der Waals surface area contributed by atoms with Crippen molar-refractivity contribution in [1.29, 1.82) is 0 Å². The molecule has 1 aliphatic rings. The maximum absolute atomic E-state index is 13.1. The second kappa shape index (κ2) is 8.13. The lowest BCUT2D eigenvalue weighted by Crippen LogP contribution is -2.48. The zero-order chi connectivity index (χ0) is 15.9. The van der Waals surface area contributed by atoms with Crippen LogP contribution in [0.5, 0.6) is 0 Å². The van der Waals surface area contributed by atoms with Gasteiger partial charge in [0.05, 0.1) is 0 Å². The summed E-state index contributed by atoms with van der Waals surface area (Å²) in [4.78, 5) is 14.4. The third-order valence-electron chi connectivity index (χ3n) is 3.89. The minimum Gasteiger partial charge on any atom is -0.335 e. The van der Waals surface area contributed by atoms with Crippen LogP contribution in [-0.4, -0.2) is 36.6 Å². The van der Waals surface area contributed by atoms with E-state index in [0.717, 1.165) is 38.0 Å². The fourth-order valence-corrected chi connectivity index (χ4v) is 2.84. The van der Waals surface area contributed by atoms with Gasteiger partial charge < -0.3 is 15.5 Å². The van der Waals surface area contributed by atoms with Gasteiger partial charge in [-0.2, -0.15) is 0 Å². The molecule has 1 aromatic rings. The van der Waals surface area contributed by atoms with E-state index < -0.39 is 0 Å². The van der Waals surface area contributed by atoms with Gasteiger partial charge in [-0.1, -0.05) is 26.0 Å². The lowest BCUT2D eigenvalue weighted by molar-refractivity contribution is 0.178. The summed E-state index contributed by atoms with van der Waals surface area (Å²) >= 11 is 0. The topological polar surface area (TPSA) is 44.4 Å². The van der Waals surface area contributed by atoms with Crippen molar-refractivity contribution < 1.29 is 9.18 Å². The first-order valence-corrected chi connectivity index (χ1v) is 8.04. The lowest BCUT2D eigenvalue weighted by atomic mass is 10.0. The molecule has 1 aromatic carbocycles. The minimum absolute atomic E-state index is 0.174. The largest absolute Gasteiger partial charge is 0.335 e. The van der Waals surface area contributed by atoms with E-state index in [2.05, 4.69) is 29.4 Å². The summed E-state index contributed by atoms with van der Waals surface area (Å²) in [7, 11) is 0. The van der Waals surface area contributed by atoms with Crippen LogP contribution in [0.15, 0.2) is 24.3 Å². The highest BCUT2D eigenvalue weighted by Gasteiger charge is 2.20. The van der Waals surface area contributed by atoms with Crippen molar-refractivity contribution in [2.24, 2.45) is 5.92 Å². The Morgan fingerprint density at radius 2 is 2.09 bits per heavy atom. The number of urea groups is 1. The molecule has 1 saturated heterocycles. The van der Waals surface area contributed by atoms with E-state index >= 15 is 0 Å². The first kappa shape index (κ1) is 16.7. The Kier molecular flexibility index (Phi) is 6.19. The molecular formula is C17H26FN3O. The first-order valence-electron chi connectivity index (χ1n) is 8.04. The summed E-state index contributed by atoms with van der Waals surface area (Å²) < 4.78 is 13.1. The van der Waals surface area contributed by atoms with Crippen molar-refractivity contribution in [2.45, 2.75) is 39.3 Å². The Morgan fingerprint density at radius 1 is 1.36 bits per heavy atom. The molecule has 0 spiro atoms. The van der Waals surface area contributed by atoms with Crippen molar-refractivity contribution in [1.82, 2.24) is 15.5 Å². The van der Waals surface area contributed by atoms with Crippen molar-refractivity contribution in [3.8, 4) is 0 Å². The number of carbonyl (C=O) groups is 1. The molecule has 0 saturated carbocycles. The zero-order valence-electron chi connectivity index (χ0n) is 13.4. The van der Waals surface area contributed by atoms with Gasteiger partial charge in [-0.15, -0.1) is 0 Å². The van der Waals surface area contributed by atoms with E-state index in [0.29, 0.717) is 12.5 Å². The second-order valence-corrected chi connectivity index (χ2v) is 6.43. The third kappa shape index (κ3) is 5.64. The van der Waals surface area contributed by atoms with Gasteiger partial charge in [0.1, 0.15) is 5.82 Å². The molecule has 0 aromatic heterocycles. The van der Waals surface area contributed by atoms with Crippen molar-refractivity contribution in [3.63, 3.8) is 0 Å². The summed E-state index contributed by atoms with van der Waals surface area (Å²) in [6.07, 6.45) is 1.97. The highest BCUT2D eigenvalue weighted by molar-refractivity contribution is 5.74. The van der Waals surface area contributed by atoms with Crippen LogP contribution < -0.4 is 10.6 Å². The number of halogens is 1. The van der Waals surface area contributed by atoms with Crippen molar-refractivity contribution in [3.05, 3.63) is 35.6 Å². The quantitative estimate of drug-likeness (QED) is 0.878. The Morgan fingerprint density at radius 3 is 2.73 bits per heavy atom. The normalized spacial score (nSPS) is 16.7. The molecule has 1 fully saturated rings. The molecule has 22 heavy (non-hydrogen) atoms. The van der Waals surface area contributed by atoms with Gasteiger partial charge in [0, 0.05) is 32.2 Å². The standard InChI is InChI=1S/C17H26FN3O/c1-13(2)12-21-8-6-16(7-9-21)20-17(22)19-11-14-4-3-5-15(18)10-14/h3-5,10,13,16H,6-9,11-12H2,1-2H3,(H2,19,20,22). The summed E-state index contributed by atoms with van der Waals surface area (Å²) in [5.41, 5.74) is 0.766. The number of hydrogen-bond donors (Lipinski definition) is 2. The van der Waals surface area contributed by atoms with Gasteiger partial charge in [-0.05, 0) is 36.5 Å². The Labute approximate surface area is 132 Å². The molecule has 0 radical (unpaired) electrons. The molecule has 0 aliphatic carbocycles. The van der Waals surface area contributed by atoms with Crippen molar-refractivity contribution >= 4 is 6.03 Å². The van der Waals surface area contributed by atoms with Crippen LogP contribution in [0.2, 0.25) is 0 Å². The maximum Gasteiger partial charge on any atom is 0.315 e. The predicted molar refractivity (Wildman–Crippen MR) is 86.1 cm³/mol. The average molecular weight is 307 g/mol. The third-order valence-corrected chi connectivity index (χ3v) is 3.89. The van der Waals surface area contributed by atoms with E-state index in [9.17, 15) is 9.18 Å². The van der Waals surface area contributed by atoms with Gasteiger partial charge in [0.25, 0.3) is 0 Å². The summed E-state index contributed by atoms with van der Waals surface area (Å²) in [5, 5.41) is 5.79. The molecule has 1 heterocycles. The summed E-state index contributed by atoms with van der Waals surface area (Å²) in [5.74, 6) is 0.399. The molecule has 122 valence electrons. The maximum atomic E-state index is 13.1. The van der Waals surface area contributed by atoms with Crippen LogP contribution in [0.4, 0.5) is 9.18 Å². The number of benzene rings is 1. The number of rotatable bonds is 5. The smallest absolute Gasteiger partial charge is 0.315 e. The number of nitrogens with one attached hydrogen (secondary N) is 2. The van der Waals surface area contributed by atoms with E-state index in [1.165, 1.54) is 12.1 Å². The second-order valence-electron chi connectivity index (χ2n) is 6.43. The fraction of sp³-hybridized carbons (Fsp3) is 0.588. The van der Waals surface area contributed by atoms with Crippen molar-refractivity contribution in [2.75, 3.05) is 19.6 Å². The van der Waals surface area contributed by atoms with Gasteiger partial charge in [-0.25, -0.2) is 9.18 Å². The molecule has 5 heteroatoms. The van der Waals surface area contributed by atoms with E-state index in [1.807, 2.05) is 0 Å². The van der Waals surface area contributed by atoms with Crippen LogP contribution in [-0.2, 0) is 6.54 Å². The van der Waals surface area contributed by atoms with Crippen LogP contribution in [0, 0.1) is 11.7 Å². The van der Waals surface area contributed by atoms with Gasteiger partial charge in [-0.3, -0.25) is 0 Å². The molecule has 2 N–H and O–H groups in total. The van der Waals surface area contributed by atoms with Crippen LogP contribution in [0.1, 0.15) is 32.3 Å². The van der Waals surface area contributed by atoms with Crippen LogP contribution >= 0.6 is 0 Å². The number of carbonyl (C=O) groups excluding carboxylic acids is 1. The molecule has 2 amide bonds. The highest BCUT2D eigenvalue weighted by atomic mass is 19.1. The molecule has 0 unspecified atom stereocenters. The number of likely N-dealkylation sites (tertiary alicyclic amines) is 1. The average Bonchev–Trinajstić information content (AvgIpc) is 2.47. The van der Waals surface area contributed by atoms with E-state index in [4.69, 9.17) is 0 Å². The molecule has 4 nitrogen and oxygen atoms in total. The van der Waals surface area contributed by atoms with E-state index in [1.54, 1.807) is 12.1 Å². The summed E-state index contributed by atoms with van der Waals surface area (Å²) in [6, 6.07) is 6.34. The molecule has 0 atom stereocenters. The molecule has 2 rings (SSSR count). The Balaban J connectivity index is 1.68. The number of amides is 2. The van der Waals surface area contributed by atoms with Gasteiger partial charge in [0.15, 0.2) is 0 Å². The molecular weight excluding hydrogens is 281 g/mol. The number of piperidine rings is 1. The van der Waals surface area contributed by atoms with Gasteiger partial charge in [0.2, 0.25) is 0 Å². The zero-order valence-corrected chi connectivity index (χ0v) is 13.4. The van der Waals surface area contributed by atoms with Gasteiger partial charge >= 0.3 is 6.03 Å². The summed E-state index contributed by atoms with van der Waals surface area (Å²) in [6.45, 7) is 7.99. The lowest BCUT2D eigenvalue weighted by Gasteiger charge is -2.33. The monoisotopic (exact) mass is 307 g/mol. The first-order chi connectivity index (χ1) is 10.5. The number of hydrogen-bond acceptors (Lipinski definition) is 2. The molecule has 1 aliphatic heterocycles. The Hall–Kier alpha value is -1.62. The van der Waals surface area contributed by atoms with E-state index in [-0.39, 0.29) is 17.9 Å². The SMILES string of the molecule is CC(C)CN1CCC(NC(=O)NCc2cccc(F)c2)CC1. The van der Waals surface area contributed by atoms with Crippen LogP contribution in [0.3, 0.4) is 0 Å². The molecule has 0 bridgehead atoms. The fourth-order valence-electron chi connectivity index (χ4n) is 2.84. The number of nitrogens with zero attached hydrogens (tertiary/aromatic N) is 1. The Bertz CT molecular complexity index is 485. The minimum atomic E-state index is -0.280. The predicted octanol–water partition coefficient (Wildman–Crippen LogP) is 2.75.